The van der Waals surface area contributed by atoms with Crippen LogP contribution in [0, 0.1) is 5.92 Å². The van der Waals surface area contributed by atoms with E-state index in [0.29, 0.717) is 0 Å². The Morgan fingerprint density at radius 3 is 2.94 bits per heavy atom. The van der Waals surface area contributed by atoms with Gasteiger partial charge in [-0.1, -0.05) is 6.92 Å². The molecule has 94 valence electrons. The number of carbonyl (C=O) groups is 1. The van der Waals surface area contributed by atoms with Crippen LogP contribution in [0.5, 0.6) is 0 Å². The molecule has 5 heteroatoms. The first-order chi connectivity index (χ1) is 8.11. The topological polar surface area (TPSA) is 62.2 Å². The average molecular weight is 254 g/mol. The number of rotatable bonds is 5. The summed E-state index contributed by atoms with van der Waals surface area (Å²) in [6.45, 7) is 4.16. The average Bonchev–Trinajstić information content (AvgIpc) is 2.71. The van der Waals surface area contributed by atoms with Crippen molar-refractivity contribution in [3.63, 3.8) is 0 Å². The van der Waals surface area contributed by atoms with E-state index in [-0.39, 0.29) is 18.0 Å². The van der Waals surface area contributed by atoms with E-state index in [4.69, 9.17) is 5.11 Å². The van der Waals surface area contributed by atoms with Crippen LogP contribution in [0.25, 0.3) is 0 Å². The van der Waals surface area contributed by atoms with Crippen LogP contribution in [0.3, 0.4) is 0 Å². The number of thiazole rings is 1. The van der Waals surface area contributed by atoms with E-state index < -0.39 is 5.97 Å². The van der Waals surface area contributed by atoms with E-state index in [1.807, 2.05) is 6.20 Å². The fraction of sp³-hybridized carbons (Fsp3) is 0.667. The fourth-order valence-electron chi connectivity index (χ4n) is 2.07. The number of carboxylic acid groups (broad SMARTS) is 1. The summed E-state index contributed by atoms with van der Waals surface area (Å²) in [6.07, 6.45) is 4.66. The van der Waals surface area contributed by atoms with E-state index in [9.17, 15) is 4.79 Å². The van der Waals surface area contributed by atoms with Crippen LogP contribution in [0.15, 0.2) is 6.20 Å². The molecule has 1 heterocycles. The number of nitrogens with zero attached hydrogens (tertiary/aromatic N) is 1. The Kier molecular flexibility index (Phi) is 3.79. The van der Waals surface area contributed by atoms with Crippen molar-refractivity contribution in [3.8, 4) is 0 Å². The molecule has 1 saturated carbocycles. The van der Waals surface area contributed by atoms with E-state index >= 15 is 0 Å². The SMILES string of the molecule is CCc1cnc(C(C)NC2CCC2C(=O)O)s1. The maximum atomic E-state index is 10.9. The van der Waals surface area contributed by atoms with Gasteiger partial charge in [0.2, 0.25) is 0 Å². The van der Waals surface area contributed by atoms with Crippen molar-refractivity contribution in [2.75, 3.05) is 0 Å². The summed E-state index contributed by atoms with van der Waals surface area (Å²) < 4.78 is 0. The molecule has 0 saturated heterocycles. The van der Waals surface area contributed by atoms with Crippen LogP contribution in [0.1, 0.15) is 42.6 Å². The number of aryl methyl sites for hydroxylation is 1. The van der Waals surface area contributed by atoms with Crippen LogP contribution >= 0.6 is 11.3 Å². The second-order valence-corrected chi connectivity index (χ2v) is 5.68. The van der Waals surface area contributed by atoms with Crippen molar-refractivity contribution in [2.45, 2.75) is 45.2 Å². The van der Waals surface area contributed by atoms with Gasteiger partial charge >= 0.3 is 5.97 Å². The largest absolute Gasteiger partial charge is 0.481 e. The lowest BCUT2D eigenvalue weighted by molar-refractivity contribution is -0.146. The van der Waals surface area contributed by atoms with Crippen LogP contribution < -0.4 is 5.32 Å². The lowest BCUT2D eigenvalue weighted by Crippen LogP contribution is -2.48. The zero-order chi connectivity index (χ0) is 12.4. The van der Waals surface area contributed by atoms with E-state index in [1.165, 1.54) is 4.88 Å². The lowest BCUT2D eigenvalue weighted by atomic mass is 9.79. The van der Waals surface area contributed by atoms with Gasteiger partial charge in [0.1, 0.15) is 5.01 Å². The monoisotopic (exact) mass is 254 g/mol. The molecule has 1 fully saturated rings. The predicted molar refractivity (Wildman–Crippen MR) is 67.2 cm³/mol. The molecule has 4 nitrogen and oxygen atoms in total. The molecular formula is C12H18N2O2S. The van der Waals surface area contributed by atoms with Gasteiger partial charge in [0.05, 0.1) is 12.0 Å². The molecule has 3 unspecified atom stereocenters. The standard InChI is InChI=1S/C12H18N2O2S/c1-3-8-6-13-11(17-8)7(2)14-10-5-4-9(10)12(15)16/h6-7,9-10,14H,3-5H2,1-2H3,(H,15,16). The fourth-order valence-corrected chi connectivity index (χ4v) is 2.94. The normalized spacial score (nSPS) is 25.3. The van der Waals surface area contributed by atoms with Crippen LogP contribution in [-0.4, -0.2) is 22.1 Å². The molecule has 0 bridgehead atoms. The Bertz CT molecular complexity index is 405. The van der Waals surface area contributed by atoms with Gasteiger partial charge < -0.3 is 10.4 Å². The van der Waals surface area contributed by atoms with Gasteiger partial charge in [-0.15, -0.1) is 11.3 Å². The van der Waals surface area contributed by atoms with Crippen LogP contribution in [-0.2, 0) is 11.2 Å². The zero-order valence-corrected chi connectivity index (χ0v) is 11.0. The van der Waals surface area contributed by atoms with Gasteiger partial charge in [-0.2, -0.15) is 0 Å². The first-order valence-corrected chi connectivity index (χ1v) is 6.87. The highest BCUT2D eigenvalue weighted by molar-refractivity contribution is 7.11. The maximum Gasteiger partial charge on any atom is 0.308 e. The minimum absolute atomic E-state index is 0.108. The maximum absolute atomic E-state index is 10.9. The summed E-state index contributed by atoms with van der Waals surface area (Å²) in [7, 11) is 0. The predicted octanol–water partition coefficient (Wildman–Crippen LogP) is 2.22. The molecule has 1 aromatic rings. The molecule has 2 N–H and O–H groups in total. The summed E-state index contributed by atoms with van der Waals surface area (Å²) in [5.74, 6) is -0.905. The summed E-state index contributed by atoms with van der Waals surface area (Å²) in [6, 6.07) is 0.254. The summed E-state index contributed by atoms with van der Waals surface area (Å²) in [5.41, 5.74) is 0. The molecule has 17 heavy (non-hydrogen) atoms. The van der Waals surface area contributed by atoms with Gasteiger partial charge in [0.15, 0.2) is 0 Å². The molecule has 3 atom stereocenters. The lowest BCUT2D eigenvalue weighted by Gasteiger charge is -2.35. The first-order valence-electron chi connectivity index (χ1n) is 6.05. The molecule has 0 radical (unpaired) electrons. The molecule has 2 rings (SSSR count). The Labute approximate surface area is 105 Å². The Morgan fingerprint density at radius 2 is 2.47 bits per heavy atom. The first kappa shape index (κ1) is 12.5. The van der Waals surface area contributed by atoms with Gasteiger partial charge in [-0.3, -0.25) is 4.79 Å². The minimum atomic E-state index is -0.686. The van der Waals surface area contributed by atoms with Crippen LogP contribution in [0.2, 0.25) is 0 Å². The number of carboxylic acids is 1. The summed E-state index contributed by atoms with van der Waals surface area (Å²) in [5, 5.41) is 13.4. The number of nitrogens with one attached hydrogen (secondary N) is 1. The van der Waals surface area contributed by atoms with Crippen molar-refractivity contribution >= 4 is 17.3 Å². The Balaban J connectivity index is 1.92. The highest BCUT2D eigenvalue weighted by atomic mass is 32.1. The Morgan fingerprint density at radius 1 is 1.71 bits per heavy atom. The number of hydrogen-bond donors (Lipinski definition) is 2. The minimum Gasteiger partial charge on any atom is -0.481 e. The molecule has 0 amide bonds. The number of hydrogen-bond acceptors (Lipinski definition) is 4. The van der Waals surface area contributed by atoms with Crippen molar-refractivity contribution in [1.82, 2.24) is 10.3 Å². The van der Waals surface area contributed by atoms with Crippen LogP contribution in [0.4, 0.5) is 0 Å². The van der Waals surface area contributed by atoms with Crippen molar-refractivity contribution in [3.05, 3.63) is 16.1 Å². The molecule has 1 aliphatic rings. The quantitative estimate of drug-likeness (QED) is 0.845. The van der Waals surface area contributed by atoms with Crippen molar-refractivity contribution in [1.29, 1.82) is 0 Å². The van der Waals surface area contributed by atoms with E-state index in [1.54, 1.807) is 11.3 Å². The van der Waals surface area contributed by atoms with Crippen molar-refractivity contribution in [2.24, 2.45) is 5.92 Å². The van der Waals surface area contributed by atoms with Gasteiger partial charge in [0, 0.05) is 17.1 Å². The second kappa shape index (κ2) is 5.14. The van der Waals surface area contributed by atoms with E-state index in [0.717, 1.165) is 24.3 Å². The third kappa shape index (κ3) is 2.66. The molecule has 0 aromatic carbocycles. The Hall–Kier alpha value is -0.940. The summed E-state index contributed by atoms with van der Waals surface area (Å²) in [4.78, 5) is 16.6. The van der Waals surface area contributed by atoms with Gasteiger partial charge in [-0.05, 0) is 26.2 Å². The third-order valence-electron chi connectivity index (χ3n) is 3.35. The van der Waals surface area contributed by atoms with Gasteiger partial charge in [-0.25, -0.2) is 4.98 Å². The second-order valence-electron chi connectivity index (χ2n) is 4.54. The smallest absolute Gasteiger partial charge is 0.308 e. The molecule has 0 aliphatic heterocycles. The highest BCUT2D eigenvalue weighted by Gasteiger charge is 2.37. The molecule has 0 spiro atoms. The molecular weight excluding hydrogens is 236 g/mol. The van der Waals surface area contributed by atoms with Crippen molar-refractivity contribution < 1.29 is 9.90 Å². The number of aliphatic carboxylic acids is 1. The van der Waals surface area contributed by atoms with E-state index in [2.05, 4.69) is 24.1 Å². The summed E-state index contributed by atoms with van der Waals surface area (Å²) >= 11 is 1.71. The molecule has 1 aromatic heterocycles. The molecule has 1 aliphatic carbocycles. The number of aromatic nitrogens is 1. The third-order valence-corrected chi connectivity index (χ3v) is 4.67. The van der Waals surface area contributed by atoms with Gasteiger partial charge in [0.25, 0.3) is 0 Å². The highest BCUT2D eigenvalue weighted by Crippen LogP contribution is 2.30. The zero-order valence-electron chi connectivity index (χ0n) is 10.1.